The highest BCUT2D eigenvalue weighted by molar-refractivity contribution is 7.89. The first-order valence-corrected chi connectivity index (χ1v) is 11.7. The van der Waals surface area contributed by atoms with Gasteiger partial charge in [0.05, 0.1) is 11.1 Å². The van der Waals surface area contributed by atoms with E-state index in [4.69, 9.17) is 4.42 Å². The average molecular weight is 442 g/mol. The highest BCUT2D eigenvalue weighted by Gasteiger charge is 2.21. The third kappa shape index (κ3) is 5.59. The van der Waals surface area contributed by atoms with E-state index in [2.05, 4.69) is 10.3 Å². The number of oxazole rings is 1. The van der Waals surface area contributed by atoms with Crippen molar-refractivity contribution < 1.29 is 17.6 Å². The van der Waals surface area contributed by atoms with E-state index in [-0.39, 0.29) is 17.2 Å². The molecule has 0 radical (unpaired) electrons. The maximum absolute atomic E-state index is 12.5. The van der Waals surface area contributed by atoms with Gasteiger partial charge in [-0.1, -0.05) is 43.7 Å². The van der Waals surface area contributed by atoms with Crippen LogP contribution in [0.4, 0.5) is 5.69 Å². The van der Waals surface area contributed by atoms with Crippen LogP contribution >= 0.6 is 0 Å². The number of nitrogens with one attached hydrogen (secondary N) is 1. The van der Waals surface area contributed by atoms with E-state index >= 15 is 0 Å². The second-order valence-corrected chi connectivity index (χ2v) is 9.08. The zero-order chi connectivity index (χ0) is 22.4. The van der Waals surface area contributed by atoms with Crippen molar-refractivity contribution in [2.24, 2.45) is 0 Å². The fourth-order valence-electron chi connectivity index (χ4n) is 3.14. The lowest BCUT2D eigenvalue weighted by atomic mass is 10.1. The molecule has 0 spiro atoms. The number of anilines is 1. The third-order valence-electron chi connectivity index (χ3n) is 4.94. The molecule has 0 saturated heterocycles. The Hall–Kier alpha value is -2.97. The molecule has 0 atom stereocenters. The molecule has 0 fully saturated rings. The SMILES string of the molecule is CCN(CC)S(=O)(=O)c1ccc(NC(=O)CCc2ncc(-c3ccc(C)cc3)o2)cc1. The number of nitrogens with zero attached hydrogens (tertiary/aromatic N) is 2. The van der Waals surface area contributed by atoms with Gasteiger partial charge in [-0.3, -0.25) is 4.79 Å². The van der Waals surface area contributed by atoms with E-state index in [1.807, 2.05) is 31.2 Å². The molecular formula is C23H27N3O4S. The standard InChI is InChI=1S/C23H27N3O4S/c1-4-26(5-2)31(28,29)20-12-10-19(11-13-20)25-22(27)14-15-23-24-16-21(30-23)18-8-6-17(3)7-9-18/h6-13,16H,4-5,14-15H2,1-3H3,(H,25,27). The number of hydrogen-bond acceptors (Lipinski definition) is 5. The Bertz CT molecular complexity index is 1120. The Morgan fingerprint density at radius 1 is 1.03 bits per heavy atom. The molecule has 0 bridgehead atoms. The summed E-state index contributed by atoms with van der Waals surface area (Å²) in [6.45, 7) is 6.43. The van der Waals surface area contributed by atoms with Crippen LogP contribution in [0.25, 0.3) is 11.3 Å². The van der Waals surface area contributed by atoms with Crippen molar-refractivity contribution in [3.05, 3.63) is 66.2 Å². The molecule has 2 aromatic carbocycles. The summed E-state index contributed by atoms with van der Waals surface area (Å²) in [5.74, 6) is 0.959. The predicted octanol–water partition coefficient (Wildman–Crippen LogP) is 4.25. The smallest absolute Gasteiger partial charge is 0.243 e. The molecule has 1 N–H and O–H groups in total. The van der Waals surface area contributed by atoms with Crippen LogP contribution in [-0.2, 0) is 21.2 Å². The Kier molecular flexibility index (Phi) is 7.25. The fraction of sp³-hybridized carbons (Fsp3) is 0.304. The molecule has 3 rings (SSSR count). The Morgan fingerprint density at radius 2 is 1.68 bits per heavy atom. The molecule has 0 saturated carbocycles. The van der Waals surface area contributed by atoms with Crippen LogP contribution in [0.2, 0.25) is 0 Å². The summed E-state index contributed by atoms with van der Waals surface area (Å²) in [7, 11) is -3.52. The van der Waals surface area contributed by atoms with E-state index in [0.717, 1.165) is 5.56 Å². The number of amides is 1. The molecule has 164 valence electrons. The van der Waals surface area contributed by atoms with E-state index in [0.29, 0.717) is 36.8 Å². The van der Waals surface area contributed by atoms with Crippen molar-refractivity contribution in [3.8, 4) is 11.3 Å². The molecule has 0 aliphatic carbocycles. The Morgan fingerprint density at radius 3 is 2.29 bits per heavy atom. The quantitative estimate of drug-likeness (QED) is 0.536. The van der Waals surface area contributed by atoms with E-state index in [9.17, 15) is 13.2 Å². The minimum Gasteiger partial charge on any atom is -0.441 e. The van der Waals surface area contributed by atoms with Gasteiger partial charge in [0.25, 0.3) is 0 Å². The van der Waals surface area contributed by atoms with Crippen molar-refractivity contribution in [2.75, 3.05) is 18.4 Å². The lowest BCUT2D eigenvalue weighted by Gasteiger charge is -2.18. The number of benzene rings is 2. The van der Waals surface area contributed by atoms with Crippen molar-refractivity contribution in [1.82, 2.24) is 9.29 Å². The summed E-state index contributed by atoms with van der Waals surface area (Å²) >= 11 is 0. The molecule has 7 nitrogen and oxygen atoms in total. The summed E-state index contributed by atoms with van der Waals surface area (Å²) < 4.78 is 32.2. The first-order valence-electron chi connectivity index (χ1n) is 10.2. The second kappa shape index (κ2) is 9.89. The predicted molar refractivity (Wildman–Crippen MR) is 120 cm³/mol. The molecule has 0 aliphatic rings. The van der Waals surface area contributed by atoms with Gasteiger partial charge in [-0.25, -0.2) is 13.4 Å². The van der Waals surface area contributed by atoms with Gasteiger partial charge in [-0.2, -0.15) is 4.31 Å². The van der Waals surface area contributed by atoms with Crippen molar-refractivity contribution in [1.29, 1.82) is 0 Å². The number of aryl methyl sites for hydroxylation is 2. The molecule has 1 amide bonds. The minimum atomic E-state index is -3.52. The number of aromatic nitrogens is 1. The van der Waals surface area contributed by atoms with Crippen molar-refractivity contribution in [3.63, 3.8) is 0 Å². The van der Waals surface area contributed by atoms with Crippen LogP contribution in [0, 0.1) is 6.92 Å². The van der Waals surface area contributed by atoms with Gasteiger partial charge < -0.3 is 9.73 Å². The maximum Gasteiger partial charge on any atom is 0.243 e. The molecule has 0 unspecified atom stereocenters. The van der Waals surface area contributed by atoms with Gasteiger partial charge in [-0.15, -0.1) is 0 Å². The zero-order valence-corrected chi connectivity index (χ0v) is 18.8. The van der Waals surface area contributed by atoms with Crippen LogP contribution in [0.3, 0.4) is 0 Å². The zero-order valence-electron chi connectivity index (χ0n) is 18.0. The topological polar surface area (TPSA) is 92.5 Å². The molecule has 1 aromatic heterocycles. The van der Waals surface area contributed by atoms with Gasteiger partial charge in [-0.05, 0) is 31.2 Å². The summed E-state index contributed by atoms with van der Waals surface area (Å²) in [4.78, 5) is 16.7. The Labute approximate surface area is 183 Å². The number of sulfonamides is 1. The first-order chi connectivity index (χ1) is 14.8. The van der Waals surface area contributed by atoms with Crippen molar-refractivity contribution >= 4 is 21.6 Å². The average Bonchev–Trinajstić information content (AvgIpc) is 3.23. The van der Waals surface area contributed by atoms with Gasteiger partial charge in [0.15, 0.2) is 11.7 Å². The normalized spacial score (nSPS) is 11.6. The van der Waals surface area contributed by atoms with Crippen LogP contribution in [-0.4, -0.2) is 36.7 Å². The molecule has 31 heavy (non-hydrogen) atoms. The molecule has 0 aliphatic heterocycles. The van der Waals surface area contributed by atoms with Crippen LogP contribution in [0.15, 0.2) is 64.0 Å². The highest BCUT2D eigenvalue weighted by atomic mass is 32.2. The van der Waals surface area contributed by atoms with Gasteiger partial charge >= 0.3 is 0 Å². The third-order valence-corrected chi connectivity index (χ3v) is 7.00. The van der Waals surface area contributed by atoms with Gasteiger partial charge in [0, 0.05) is 37.2 Å². The molecule has 1 heterocycles. The van der Waals surface area contributed by atoms with E-state index < -0.39 is 10.0 Å². The van der Waals surface area contributed by atoms with Gasteiger partial charge in [0.1, 0.15) is 0 Å². The van der Waals surface area contributed by atoms with Gasteiger partial charge in [0.2, 0.25) is 15.9 Å². The summed E-state index contributed by atoms with van der Waals surface area (Å²) in [6, 6.07) is 14.1. The summed E-state index contributed by atoms with van der Waals surface area (Å²) in [6.07, 6.45) is 2.23. The van der Waals surface area contributed by atoms with E-state index in [1.165, 1.54) is 22.0 Å². The lowest BCUT2D eigenvalue weighted by Crippen LogP contribution is -2.30. The summed E-state index contributed by atoms with van der Waals surface area (Å²) in [5, 5.41) is 2.78. The number of hydrogen-bond donors (Lipinski definition) is 1. The number of rotatable bonds is 9. The number of carbonyl (C=O) groups is 1. The second-order valence-electron chi connectivity index (χ2n) is 7.15. The number of carbonyl (C=O) groups excluding carboxylic acids is 1. The minimum absolute atomic E-state index is 0.200. The summed E-state index contributed by atoms with van der Waals surface area (Å²) in [5.41, 5.74) is 2.64. The largest absolute Gasteiger partial charge is 0.441 e. The molecular weight excluding hydrogens is 414 g/mol. The molecule has 8 heteroatoms. The fourth-order valence-corrected chi connectivity index (χ4v) is 4.60. The first kappa shape index (κ1) is 22.7. The van der Waals surface area contributed by atoms with Crippen LogP contribution in [0.5, 0.6) is 0 Å². The van der Waals surface area contributed by atoms with E-state index in [1.54, 1.807) is 32.2 Å². The monoisotopic (exact) mass is 441 g/mol. The van der Waals surface area contributed by atoms with Crippen LogP contribution in [0.1, 0.15) is 31.7 Å². The Balaban J connectivity index is 1.56. The maximum atomic E-state index is 12.5. The van der Waals surface area contributed by atoms with Crippen LogP contribution < -0.4 is 5.32 Å². The lowest BCUT2D eigenvalue weighted by molar-refractivity contribution is -0.116. The molecule has 3 aromatic rings. The van der Waals surface area contributed by atoms with Crippen molar-refractivity contribution in [2.45, 2.75) is 38.5 Å². The highest BCUT2D eigenvalue weighted by Crippen LogP contribution is 2.22.